The third-order valence-electron chi connectivity index (χ3n) is 5.05. The van der Waals surface area contributed by atoms with E-state index in [1.54, 1.807) is 12.3 Å². The van der Waals surface area contributed by atoms with Crippen LogP contribution in [0.1, 0.15) is 18.1 Å². The second-order valence-corrected chi connectivity index (χ2v) is 9.56. The Hall–Kier alpha value is -2.24. The van der Waals surface area contributed by atoms with E-state index >= 15 is 0 Å². The molecule has 0 bridgehead atoms. The van der Waals surface area contributed by atoms with Crippen LogP contribution >= 0.6 is 28.2 Å². The molecule has 1 fully saturated rings. The fourth-order valence-electron chi connectivity index (χ4n) is 3.66. The summed E-state index contributed by atoms with van der Waals surface area (Å²) in [5, 5.41) is 9.66. The summed E-state index contributed by atoms with van der Waals surface area (Å²) in [5.41, 5.74) is 2.61. The highest BCUT2D eigenvalue weighted by molar-refractivity contribution is 7.52. The quantitative estimate of drug-likeness (QED) is 0.648. The smallest absolute Gasteiger partial charge is 0.539 e. The third-order valence-corrected chi connectivity index (χ3v) is 7.17. The molecule has 0 aliphatic carbocycles. The van der Waals surface area contributed by atoms with Gasteiger partial charge in [-0.1, -0.05) is 29.8 Å². The molecule has 3 heterocycles. The number of benzene rings is 2. The molecule has 7 nitrogen and oxygen atoms in total. The van der Waals surface area contributed by atoms with Crippen molar-refractivity contribution in [3.8, 4) is 0 Å². The highest BCUT2D eigenvalue weighted by Gasteiger charge is 2.29. The normalized spacial score (nSPS) is 22.2. The van der Waals surface area contributed by atoms with E-state index in [1.165, 1.54) is 0 Å². The van der Waals surface area contributed by atoms with Gasteiger partial charge in [-0.2, -0.15) is 0 Å². The summed E-state index contributed by atoms with van der Waals surface area (Å²) >= 11 is 6.14. The van der Waals surface area contributed by atoms with Gasteiger partial charge < -0.3 is 24.6 Å². The van der Waals surface area contributed by atoms with Gasteiger partial charge in [0.2, 0.25) is 8.38 Å². The summed E-state index contributed by atoms with van der Waals surface area (Å²) in [7, 11) is -4.26. The Morgan fingerprint density at radius 3 is 2.97 bits per heavy atom. The van der Waals surface area contributed by atoms with E-state index in [0.717, 1.165) is 33.9 Å². The molecule has 2 aromatic carbocycles. The van der Waals surface area contributed by atoms with Crippen molar-refractivity contribution >= 4 is 51.4 Å². The lowest BCUT2D eigenvalue weighted by Crippen LogP contribution is -2.25. The highest BCUT2D eigenvalue weighted by Crippen LogP contribution is 2.55. The zero-order valence-corrected chi connectivity index (χ0v) is 18.6. The van der Waals surface area contributed by atoms with E-state index in [9.17, 15) is 9.46 Å². The summed E-state index contributed by atoms with van der Waals surface area (Å²) in [6.45, 7) is 0.598. The predicted molar refractivity (Wildman–Crippen MR) is 119 cm³/mol. The largest absolute Gasteiger partial charge is 0.558 e. The van der Waals surface area contributed by atoms with Crippen molar-refractivity contribution in [2.45, 2.75) is 12.5 Å². The first-order valence-electron chi connectivity index (χ1n) is 9.55. The number of hydrogen-bond acceptors (Lipinski definition) is 7. The van der Waals surface area contributed by atoms with Crippen molar-refractivity contribution in [2.75, 3.05) is 17.2 Å². The second kappa shape index (κ2) is 8.71. The lowest BCUT2D eigenvalue weighted by atomic mass is 10.1. The minimum absolute atomic E-state index is 0.0759. The average Bonchev–Trinajstić information content (AvgIpc) is 2.78. The second-order valence-electron chi connectivity index (χ2n) is 7.00. The molecule has 0 aromatic heterocycles. The number of nitrogens with one attached hydrogen (secondary N) is 2. The van der Waals surface area contributed by atoms with Crippen LogP contribution in [0.4, 0.5) is 11.4 Å². The first-order chi connectivity index (χ1) is 15.1. The Labute approximate surface area is 185 Å². The summed E-state index contributed by atoms with van der Waals surface area (Å²) in [4.78, 5) is 11.0. The van der Waals surface area contributed by atoms with Crippen molar-refractivity contribution in [3.63, 3.8) is 0 Å². The lowest BCUT2D eigenvalue weighted by Gasteiger charge is -2.31. The van der Waals surface area contributed by atoms with Gasteiger partial charge in [-0.05, 0) is 34.4 Å². The standard InChI is InChI=1S/C21H17ClN2O5P2/c22-15-3-1-2-13(10-15)18-7-9-27-30(28-18)16-11-14-4-5-17-19(29-31(25)26)6-8-23-21(17)20(14)24-12-16/h1-6,8,10-12,18,23-24H,7,9H2. The molecule has 2 N–H and O–H groups in total. The van der Waals surface area contributed by atoms with Crippen LogP contribution in [0.5, 0.6) is 0 Å². The van der Waals surface area contributed by atoms with Crippen molar-refractivity contribution in [3.05, 3.63) is 81.2 Å². The van der Waals surface area contributed by atoms with Crippen molar-refractivity contribution < 1.29 is 23.0 Å². The molecule has 0 amide bonds. The Balaban J connectivity index is 1.44. The summed E-state index contributed by atoms with van der Waals surface area (Å²) in [6.07, 6.45) is 7.80. The van der Waals surface area contributed by atoms with E-state index in [2.05, 4.69) is 10.6 Å². The van der Waals surface area contributed by atoms with Gasteiger partial charge in [0.1, 0.15) is 0 Å². The maximum absolute atomic E-state index is 11.0. The fourth-order valence-corrected chi connectivity index (χ4v) is 5.66. The molecular formula is C21H17ClN2O5P2. The molecular weight excluding hydrogens is 458 g/mol. The van der Waals surface area contributed by atoms with Crippen LogP contribution in [0, 0.1) is 0 Å². The third kappa shape index (κ3) is 4.26. The Morgan fingerprint density at radius 2 is 2.13 bits per heavy atom. The topological polar surface area (TPSA) is 91.9 Å². The summed E-state index contributed by atoms with van der Waals surface area (Å²) < 4.78 is 28.2. The number of allylic oxidation sites excluding steroid dienone is 1. The number of halogens is 1. The molecule has 0 spiro atoms. The summed E-state index contributed by atoms with van der Waals surface area (Å²) in [6, 6.07) is 11.4. The van der Waals surface area contributed by atoms with Gasteiger partial charge in [-0.25, -0.2) is 0 Å². The molecule has 158 valence electrons. The van der Waals surface area contributed by atoms with Crippen LogP contribution in [0.15, 0.2) is 60.2 Å². The maximum Gasteiger partial charge on any atom is 0.539 e. The van der Waals surface area contributed by atoms with E-state index in [1.807, 2.05) is 48.7 Å². The van der Waals surface area contributed by atoms with Crippen molar-refractivity contribution in [2.24, 2.45) is 0 Å². The summed E-state index contributed by atoms with van der Waals surface area (Å²) in [5.74, 6) is 0.275. The SMILES string of the molecule is O=[P+]([O-])OC1=c2ccc3c(c2NC=C1)NC=C(P1OCCC(c2cccc(Cl)c2)O1)C=3. The number of anilines is 2. The molecule has 31 heavy (non-hydrogen) atoms. The lowest BCUT2D eigenvalue weighted by molar-refractivity contribution is -0.180. The Kier molecular flexibility index (Phi) is 5.81. The van der Waals surface area contributed by atoms with Gasteiger partial charge in [0.25, 0.3) is 0 Å². The van der Waals surface area contributed by atoms with Crippen molar-refractivity contribution in [1.29, 1.82) is 0 Å². The number of hydrogen-bond donors (Lipinski definition) is 2. The van der Waals surface area contributed by atoms with Crippen LogP contribution in [-0.2, 0) is 18.1 Å². The van der Waals surface area contributed by atoms with Crippen LogP contribution in [0.25, 0.3) is 11.8 Å². The molecule has 10 heteroatoms. The molecule has 0 saturated carbocycles. The minimum atomic E-state index is -3.00. The molecule has 3 unspecified atom stereocenters. The Bertz CT molecular complexity index is 1250. The molecule has 5 rings (SSSR count). The molecule has 3 aliphatic rings. The van der Waals surface area contributed by atoms with E-state index in [0.29, 0.717) is 16.8 Å². The molecule has 3 atom stereocenters. The number of rotatable bonds is 4. The Morgan fingerprint density at radius 1 is 1.23 bits per heavy atom. The molecule has 1 saturated heterocycles. The van der Waals surface area contributed by atoms with Gasteiger partial charge in [-0.15, -0.1) is 0 Å². The first kappa shape index (κ1) is 20.7. The van der Waals surface area contributed by atoms with Crippen LogP contribution < -0.4 is 26.0 Å². The maximum atomic E-state index is 11.0. The molecule has 3 aliphatic heterocycles. The number of fused-ring (bicyclic) bond motifs is 3. The van der Waals surface area contributed by atoms with Crippen molar-refractivity contribution in [1.82, 2.24) is 0 Å². The van der Waals surface area contributed by atoms with E-state index in [4.69, 9.17) is 25.2 Å². The minimum Gasteiger partial charge on any atom is -0.558 e. The zero-order chi connectivity index (χ0) is 21.4. The molecule has 2 aromatic rings. The zero-order valence-electron chi connectivity index (χ0n) is 16.1. The fraction of sp³-hybridized carbons (Fsp3) is 0.143. The average molecular weight is 475 g/mol. The van der Waals surface area contributed by atoms with Gasteiger partial charge in [0, 0.05) is 45.7 Å². The monoisotopic (exact) mass is 474 g/mol. The highest BCUT2D eigenvalue weighted by atomic mass is 35.5. The first-order valence-corrected chi connectivity index (χ1v) is 12.2. The van der Waals surface area contributed by atoms with E-state index < -0.39 is 16.6 Å². The van der Waals surface area contributed by atoms with Crippen LogP contribution in [0.2, 0.25) is 5.02 Å². The van der Waals surface area contributed by atoms with Gasteiger partial charge >= 0.3 is 8.25 Å². The van der Waals surface area contributed by atoms with Crippen LogP contribution in [0.3, 0.4) is 0 Å². The van der Waals surface area contributed by atoms with Gasteiger partial charge in [0.05, 0.1) is 24.1 Å². The van der Waals surface area contributed by atoms with Gasteiger partial charge in [0.15, 0.2) is 5.76 Å². The predicted octanol–water partition coefficient (Wildman–Crippen LogP) is 3.96. The van der Waals surface area contributed by atoms with Crippen LogP contribution in [-0.4, -0.2) is 6.61 Å². The molecule has 0 radical (unpaired) electrons. The van der Waals surface area contributed by atoms with E-state index in [-0.39, 0.29) is 11.9 Å². The van der Waals surface area contributed by atoms with Gasteiger partial charge in [-0.3, -0.25) is 4.52 Å².